The normalized spacial score (nSPS) is 13.3. The lowest BCUT2D eigenvalue weighted by atomic mass is 9.94. The second-order valence-electron chi connectivity index (χ2n) is 8.01. The summed E-state index contributed by atoms with van der Waals surface area (Å²) in [6.07, 6.45) is 9.45. The van der Waals surface area contributed by atoms with E-state index in [2.05, 4.69) is 22.1 Å². The van der Waals surface area contributed by atoms with E-state index in [9.17, 15) is 4.79 Å². The third-order valence-electron chi connectivity index (χ3n) is 5.91. The number of carbonyl (C=O) groups excluding carboxylic acids is 1. The molecule has 0 fully saturated rings. The largest absolute Gasteiger partial charge is 0.494 e. The van der Waals surface area contributed by atoms with Crippen molar-refractivity contribution >= 4 is 5.97 Å². The summed E-state index contributed by atoms with van der Waals surface area (Å²) in [4.78, 5) is 20.7. The number of pyridine rings is 2. The zero-order chi connectivity index (χ0) is 23.0. The van der Waals surface area contributed by atoms with Crippen molar-refractivity contribution in [2.75, 3.05) is 19.8 Å². The summed E-state index contributed by atoms with van der Waals surface area (Å²) < 4.78 is 16.6. The molecule has 0 aliphatic heterocycles. The van der Waals surface area contributed by atoms with Gasteiger partial charge in [-0.3, -0.25) is 9.97 Å². The Labute approximate surface area is 194 Å². The second-order valence-corrected chi connectivity index (χ2v) is 8.01. The van der Waals surface area contributed by atoms with Crippen molar-refractivity contribution in [3.8, 4) is 16.9 Å². The Hall–Kier alpha value is -3.25. The molecule has 0 saturated carbocycles. The Kier molecular flexibility index (Phi) is 7.68. The minimum atomic E-state index is -0.581. The van der Waals surface area contributed by atoms with Crippen LogP contribution in [0.5, 0.6) is 5.75 Å². The number of fused-ring (bicyclic) bond motifs is 3. The number of benzene rings is 1. The molecule has 6 heteroatoms. The summed E-state index contributed by atoms with van der Waals surface area (Å²) >= 11 is 0. The Balaban J connectivity index is 1.30. The SMILES string of the molecule is CCOC(=O)C(Cc1ccc(OCCCC2c3cnccc3-c3ccncc32)cc1)OCC. The predicted molar refractivity (Wildman–Crippen MR) is 126 cm³/mol. The van der Waals surface area contributed by atoms with Crippen molar-refractivity contribution in [3.05, 3.63) is 77.9 Å². The van der Waals surface area contributed by atoms with Crippen LogP contribution in [-0.2, 0) is 20.7 Å². The van der Waals surface area contributed by atoms with Crippen LogP contribution in [0.3, 0.4) is 0 Å². The highest BCUT2D eigenvalue weighted by Gasteiger charge is 2.28. The van der Waals surface area contributed by atoms with Crippen LogP contribution in [0.25, 0.3) is 11.1 Å². The number of carbonyl (C=O) groups is 1. The van der Waals surface area contributed by atoms with E-state index >= 15 is 0 Å². The number of aromatic nitrogens is 2. The first kappa shape index (κ1) is 22.9. The fraction of sp³-hybridized carbons (Fsp3) is 0.370. The molecule has 0 N–H and O–H groups in total. The van der Waals surface area contributed by atoms with Crippen LogP contribution in [0.15, 0.2) is 61.2 Å². The molecule has 0 spiro atoms. The van der Waals surface area contributed by atoms with Gasteiger partial charge in [-0.1, -0.05) is 12.1 Å². The van der Waals surface area contributed by atoms with Gasteiger partial charge in [-0.2, -0.15) is 0 Å². The third kappa shape index (κ3) is 5.40. The molecule has 1 aliphatic rings. The van der Waals surface area contributed by atoms with Crippen LogP contribution >= 0.6 is 0 Å². The first-order chi connectivity index (χ1) is 16.2. The first-order valence-electron chi connectivity index (χ1n) is 11.6. The Morgan fingerprint density at radius 3 is 2.21 bits per heavy atom. The van der Waals surface area contributed by atoms with Gasteiger partial charge in [0.1, 0.15) is 5.75 Å². The van der Waals surface area contributed by atoms with Gasteiger partial charge in [0.2, 0.25) is 0 Å². The van der Waals surface area contributed by atoms with Gasteiger partial charge in [-0.25, -0.2) is 4.79 Å². The maximum Gasteiger partial charge on any atom is 0.335 e. The summed E-state index contributed by atoms with van der Waals surface area (Å²) in [7, 11) is 0. The molecule has 3 aromatic rings. The van der Waals surface area contributed by atoms with E-state index in [1.807, 2.05) is 56.0 Å². The molecule has 1 aliphatic carbocycles. The average molecular weight is 447 g/mol. The van der Waals surface area contributed by atoms with Crippen LogP contribution in [0.2, 0.25) is 0 Å². The number of esters is 1. The van der Waals surface area contributed by atoms with E-state index in [1.54, 1.807) is 6.92 Å². The molecule has 2 aromatic heterocycles. The molecule has 1 aromatic carbocycles. The predicted octanol–water partition coefficient (Wildman–Crippen LogP) is 4.96. The molecule has 1 atom stereocenters. The van der Waals surface area contributed by atoms with Crippen molar-refractivity contribution in [2.45, 2.75) is 45.1 Å². The van der Waals surface area contributed by atoms with Crippen molar-refractivity contribution < 1.29 is 19.0 Å². The van der Waals surface area contributed by atoms with Gasteiger partial charge in [0, 0.05) is 43.7 Å². The molecule has 0 radical (unpaired) electrons. The fourth-order valence-electron chi connectivity index (χ4n) is 4.40. The minimum absolute atomic E-state index is 0.307. The summed E-state index contributed by atoms with van der Waals surface area (Å²) in [5.74, 6) is 0.806. The molecule has 0 amide bonds. The summed E-state index contributed by atoms with van der Waals surface area (Å²) in [6, 6.07) is 12.0. The fourth-order valence-corrected chi connectivity index (χ4v) is 4.40. The monoisotopic (exact) mass is 446 g/mol. The standard InChI is InChI=1S/C27H30N2O4/c1-3-31-26(27(30)32-4-2)16-19-7-9-20(10-8-19)33-15-5-6-21-24-17-28-13-11-22(24)23-12-14-29-18-25(21)23/h7-14,17-18,21,26H,3-6,15-16H2,1-2H3. The number of ether oxygens (including phenoxy) is 3. The topological polar surface area (TPSA) is 70.5 Å². The van der Waals surface area contributed by atoms with E-state index in [0.29, 0.717) is 32.2 Å². The second kappa shape index (κ2) is 11.1. The molecule has 0 saturated heterocycles. The van der Waals surface area contributed by atoms with Gasteiger partial charge >= 0.3 is 5.97 Å². The first-order valence-corrected chi connectivity index (χ1v) is 11.6. The quantitative estimate of drug-likeness (QED) is 0.306. The molecular weight excluding hydrogens is 416 g/mol. The van der Waals surface area contributed by atoms with Gasteiger partial charge < -0.3 is 14.2 Å². The highest BCUT2D eigenvalue weighted by atomic mass is 16.6. The lowest BCUT2D eigenvalue weighted by Gasteiger charge is -2.16. The van der Waals surface area contributed by atoms with Crippen LogP contribution < -0.4 is 4.74 Å². The smallest absolute Gasteiger partial charge is 0.335 e. The van der Waals surface area contributed by atoms with Gasteiger partial charge in [0.05, 0.1) is 13.2 Å². The lowest BCUT2D eigenvalue weighted by Crippen LogP contribution is -2.28. The zero-order valence-corrected chi connectivity index (χ0v) is 19.2. The van der Waals surface area contributed by atoms with Crippen molar-refractivity contribution in [2.24, 2.45) is 0 Å². The summed E-state index contributed by atoms with van der Waals surface area (Å²) in [6.45, 7) is 5.11. The molecule has 172 valence electrons. The Morgan fingerprint density at radius 1 is 0.939 bits per heavy atom. The van der Waals surface area contributed by atoms with Gasteiger partial charge in [0.25, 0.3) is 0 Å². The Bertz CT molecular complexity index is 1020. The van der Waals surface area contributed by atoms with Gasteiger partial charge in [-0.05, 0) is 78.8 Å². The van der Waals surface area contributed by atoms with E-state index in [-0.39, 0.29) is 5.97 Å². The number of hydrogen-bond donors (Lipinski definition) is 0. The van der Waals surface area contributed by atoms with E-state index in [1.165, 1.54) is 22.3 Å². The Morgan fingerprint density at radius 2 is 1.61 bits per heavy atom. The molecule has 6 nitrogen and oxygen atoms in total. The summed E-state index contributed by atoms with van der Waals surface area (Å²) in [5.41, 5.74) is 6.08. The van der Waals surface area contributed by atoms with Crippen LogP contribution in [0.1, 0.15) is 49.3 Å². The van der Waals surface area contributed by atoms with E-state index in [4.69, 9.17) is 14.2 Å². The number of rotatable bonds is 11. The molecule has 2 heterocycles. The lowest BCUT2D eigenvalue weighted by molar-refractivity contribution is -0.156. The van der Waals surface area contributed by atoms with E-state index < -0.39 is 6.10 Å². The average Bonchev–Trinajstić information content (AvgIpc) is 3.16. The molecule has 4 rings (SSSR count). The van der Waals surface area contributed by atoms with Crippen LogP contribution in [0.4, 0.5) is 0 Å². The molecule has 1 unspecified atom stereocenters. The third-order valence-corrected chi connectivity index (χ3v) is 5.91. The zero-order valence-electron chi connectivity index (χ0n) is 19.2. The molecular formula is C27H30N2O4. The highest BCUT2D eigenvalue weighted by Crippen LogP contribution is 2.45. The van der Waals surface area contributed by atoms with Gasteiger partial charge in [0.15, 0.2) is 6.10 Å². The minimum Gasteiger partial charge on any atom is -0.494 e. The molecule has 0 bridgehead atoms. The summed E-state index contributed by atoms with van der Waals surface area (Å²) in [5, 5.41) is 0. The van der Waals surface area contributed by atoms with Crippen LogP contribution in [-0.4, -0.2) is 41.9 Å². The maximum atomic E-state index is 12.1. The maximum absolute atomic E-state index is 12.1. The molecule has 33 heavy (non-hydrogen) atoms. The number of hydrogen-bond acceptors (Lipinski definition) is 6. The van der Waals surface area contributed by atoms with Crippen molar-refractivity contribution in [3.63, 3.8) is 0 Å². The van der Waals surface area contributed by atoms with Crippen LogP contribution in [0, 0.1) is 0 Å². The van der Waals surface area contributed by atoms with Gasteiger partial charge in [-0.15, -0.1) is 0 Å². The van der Waals surface area contributed by atoms with Crippen molar-refractivity contribution in [1.29, 1.82) is 0 Å². The van der Waals surface area contributed by atoms with Crippen molar-refractivity contribution in [1.82, 2.24) is 9.97 Å². The van der Waals surface area contributed by atoms with E-state index in [0.717, 1.165) is 24.2 Å². The number of nitrogens with zero attached hydrogens (tertiary/aromatic N) is 2. The highest BCUT2D eigenvalue weighted by molar-refractivity contribution is 5.77.